The first-order valence-electron chi connectivity index (χ1n) is 13.9. The van der Waals surface area contributed by atoms with Crippen LogP contribution in [-0.4, -0.2) is 23.3 Å². The first-order valence-corrected chi connectivity index (χ1v) is 13.9. The Bertz CT molecular complexity index is 854. The summed E-state index contributed by atoms with van der Waals surface area (Å²) in [4.78, 5) is 11.3. The molecule has 1 N–H and O–H groups in total. The molecule has 0 saturated heterocycles. The smallest absolute Gasteiger partial charge is 0.344 e. The zero-order valence-electron chi connectivity index (χ0n) is 23.6. The van der Waals surface area contributed by atoms with Gasteiger partial charge in [0, 0.05) is 11.1 Å². The predicted molar refractivity (Wildman–Crippen MR) is 147 cm³/mol. The van der Waals surface area contributed by atoms with Crippen LogP contribution in [-0.2, 0) is 4.79 Å². The average Bonchev–Trinajstić information content (AvgIpc) is 2.79. The third kappa shape index (κ3) is 8.88. The highest BCUT2D eigenvalue weighted by Crippen LogP contribution is 2.41. The molecule has 4 atom stereocenters. The Balaban J connectivity index is 1.81. The van der Waals surface area contributed by atoms with Crippen molar-refractivity contribution in [2.75, 3.05) is 0 Å². The Labute approximate surface area is 214 Å². The van der Waals surface area contributed by atoms with Crippen LogP contribution >= 0.6 is 0 Å². The van der Waals surface area contributed by atoms with Gasteiger partial charge in [-0.25, -0.2) is 4.79 Å². The summed E-state index contributed by atoms with van der Waals surface area (Å²) in [6, 6.07) is 0. The molecule has 1 aromatic carbocycles. The van der Waals surface area contributed by atoms with Gasteiger partial charge >= 0.3 is 5.97 Å². The fourth-order valence-electron chi connectivity index (χ4n) is 5.07. The summed E-state index contributed by atoms with van der Waals surface area (Å²) in [6.45, 7) is 17.0. The first kappa shape index (κ1) is 29.3. The lowest BCUT2D eigenvalue weighted by atomic mass is 9.91. The lowest BCUT2D eigenvalue weighted by Crippen LogP contribution is -2.24. The minimum Gasteiger partial charge on any atom is -0.485 e. The lowest BCUT2D eigenvalue weighted by Gasteiger charge is -2.28. The summed E-state index contributed by atoms with van der Waals surface area (Å²) in [5.74, 6) is 3.06. The highest BCUT2D eigenvalue weighted by molar-refractivity contribution is 5.74. The molecule has 0 fully saturated rings. The van der Waals surface area contributed by atoms with E-state index in [0.717, 1.165) is 52.2 Å². The number of hydrogen-bond donors (Lipinski definition) is 1. The van der Waals surface area contributed by atoms with Crippen LogP contribution in [0.4, 0.5) is 0 Å². The Kier molecular flexibility index (Phi) is 11.7. The number of benzene rings is 1. The number of carbonyl (C=O) groups is 1. The maximum absolute atomic E-state index is 11.3. The van der Waals surface area contributed by atoms with E-state index in [2.05, 4.69) is 39.8 Å². The van der Waals surface area contributed by atoms with Gasteiger partial charge in [0.1, 0.15) is 17.6 Å². The molecular weight excluding hydrogens is 436 g/mol. The maximum atomic E-state index is 11.3. The summed E-state index contributed by atoms with van der Waals surface area (Å²) in [5, 5.41) is 9.24. The highest BCUT2D eigenvalue weighted by atomic mass is 16.5. The Morgan fingerprint density at radius 2 is 1.46 bits per heavy atom. The van der Waals surface area contributed by atoms with Crippen molar-refractivity contribution in [2.24, 2.45) is 17.8 Å². The number of carboxylic acids is 1. The molecule has 35 heavy (non-hydrogen) atoms. The van der Waals surface area contributed by atoms with Gasteiger partial charge in [0.2, 0.25) is 0 Å². The number of hydrogen-bond acceptors (Lipinski definition) is 3. The van der Waals surface area contributed by atoms with Crippen LogP contribution in [0.3, 0.4) is 0 Å². The SMILES string of the molecule is Cc1c(C)c2c(c(C)c1OC(C)C(=O)O)C=C[C@@H](CCC[C@H](C)CCC[C@H](C)CCCC(C)C)O2. The number of aliphatic carboxylic acids is 1. The number of fused-ring (bicyclic) bond motifs is 1. The van der Waals surface area contributed by atoms with Gasteiger partial charge in [0.05, 0.1) is 0 Å². The number of carboxylic acid groups (broad SMARTS) is 1. The monoisotopic (exact) mass is 486 g/mol. The molecular formula is C31H50O4. The van der Waals surface area contributed by atoms with E-state index in [4.69, 9.17) is 9.47 Å². The molecule has 0 saturated carbocycles. The van der Waals surface area contributed by atoms with Crippen molar-refractivity contribution in [3.63, 3.8) is 0 Å². The van der Waals surface area contributed by atoms with Crippen LogP contribution in [0.5, 0.6) is 11.5 Å². The van der Waals surface area contributed by atoms with E-state index in [0.29, 0.717) is 5.75 Å². The third-order valence-corrected chi connectivity index (χ3v) is 7.68. The Morgan fingerprint density at radius 3 is 2.03 bits per heavy atom. The summed E-state index contributed by atoms with van der Waals surface area (Å²) < 4.78 is 12.2. The minimum absolute atomic E-state index is 0.0953. The zero-order chi connectivity index (χ0) is 26.1. The minimum atomic E-state index is -0.962. The third-order valence-electron chi connectivity index (χ3n) is 7.68. The van der Waals surface area contributed by atoms with E-state index in [-0.39, 0.29) is 6.10 Å². The molecule has 4 heteroatoms. The van der Waals surface area contributed by atoms with Crippen molar-refractivity contribution < 1.29 is 19.4 Å². The van der Waals surface area contributed by atoms with Gasteiger partial charge in [-0.3, -0.25) is 0 Å². The first-order chi connectivity index (χ1) is 16.5. The molecule has 1 aliphatic rings. The molecule has 0 bridgehead atoms. The van der Waals surface area contributed by atoms with E-state index in [1.807, 2.05) is 20.8 Å². The quantitative estimate of drug-likeness (QED) is 0.269. The van der Waals surface area contributed by atoms with Crippen LogP contribution in [0.2, 0.25) is 0 Å². The van der Waals surface area contributed by atoms with Gasteiger partial charge in [0.25, 0.3) is 0 Å². The van der Waals surface area contributed by atoms with Crippen molar-refractivity contribution in [3.8, 4) is 11.5 Å². The molecule has 0 aliphatic carbocycles. The molecule has 2 rings (SSSR count). The second-order valence-electron chi connectivity index (χ2n) is 11.5. The van der Waals surface area contributed by atoms with Crippen LogP contribution in [0.25, 0.3) is 6.08 Å². The van der Waals surface area contributed by atoms with Crippen molar-refractivity contribution >= 4 is 12.0 Å². The van der Waals surface area contributed by atoms with Crippen LogP contribution < -0.4 is 9.47 Å². The van der Waals surface area contributed by atoms with Crippen molar-refractivity contribution in [2.45, 2.75) is 125 Å². The molecule has 4 nitrogen and oxygen atoms in total. The van der Waals surface area contributed by atoms with Gasteiger partial charge < -0.3 is 14.6 Å². The fourth-order valence-corrected chi connectivity index (χ4v) is 5.07. The van der Waals surface area contributed by atoms with E-state index in [9.17, 15) is 9.90 Å². The second-order valence-corrected chi connectivity index (χ2v) is 11.5. The lowest BCUT2D eigenvalue weighted by molar-refractivity contribution is -0.144. The van der Waals surface area contributed by atoms with Crippen LogP contribution in [0.1, 0.15) is 115 Å². The van der Waals surface area contributed by atoms with E-state index in [1.165, 1.54) is 51.4 Å². The van der Waals surface area contributed by atoms with Crippen LogP contribution in [0.15, 0.2) is 6.08 Å². The Morgan fingerprint density at radius 1 is 0.886 bits per heavy atom. The van der Waals surface area contributed by atoms with Gasteiger partial charge in [-0.1, -0.05) is 78.7 Å². The predicted octanol–water partition coefficient (Wildman–Crippen LogP) is 8.68. The van der Waals surface area contributed by atoms with E-state index >= 15 is 0 Å². The van der Waals surface area contributed by atoms with Gasteiger partial charge in [-0.05, 0) is 75.5 Å². The maximum Gasteiger partial charge on any atom is 0.344 e. The summed E-state index contributed by atoms with van der Waals surface area (Å²) >= 11 is 0. The zero-order valence-corrected chi connectivity index (χ0v) is 23.6. The van der Waals surface area contributed by atoms with E-state index in [1.54, 1.807) is 6.92 Å². The largest absolute Gasteiger partial charge is 0.485 e. The molecule has 0 aromatic heterocycles. The molecule has 0 spiro atoms. The highest BCUT2D eigenvalue weighted by Gasteiger charge is 2.25. The average molecular weight is 487 g/mol. The Hall–Kier alpha value is -1.97. The van der Waals surface area contributed by atoms with Crippen molar-refractivity contribution in [1.82, 2.24) is 0 Å². The molecule has 198 valence electrons. The summed E-state index contributed by atoms with van der Waals surface area (Å²) in [7, 11) is 0. The van der Waals surface area contributed by atoms with Gasteiger partial charge in [-0.2, -0.15) is 0 Å². The fraction of sp³-hybridized carbons (Fsp3) is 0.710. The summed E-state index contributed by atoms with van der Waals surface area (Å²) in [5.41, 5.74) is 3.93. The molecule has 0 radical (unpaired) electrons. The summed E-state index contributed by atoms with van der Waals surface area (Å²) in [6.07, 6.45) is 15.1. The second kappa shape index (κ2) is 13.9. The molecule has 1 aliphatic heterocycles. The topological polar surface area (TPSA) is 55.8 Å². The van der Waals surface area contributed by atoms with Crippen molar-refractivity contribution in [3.05, 3.63) is 28.3 Å². The molecule has 1 heterocycles. The normalized spacial score (nSPS) is 17.6. The number of rotatable bonds is 15. The molecule has 1 unspecified atom stereocenters. The number of ether oxygens (including phenoxy) is 2. The van der Waals surface area contributed by atoms with Crippen LogP contribution in [0, 0.1) is 38.5 Å². The van der Waals surface area contributed by atoms with Crippen molar-refractivity contribution in [1.29, 1.82) is 0 Å². The standard InChI is InChI=1S/C31H50O4/c1-20(2)12-9-13-21(3)14-10-15-22(4)16-11-17-27-18-19-28-25(7)29(34-26(8)31(32)33)23(5)24(6)30(28)35-27/h18-22,26-27H,9-17H2,1-8H3,(H,32,33)/t21-,22-,26?,27-/m1/s1. The van der Waals surface area contributed by atoms with E-state index < -0.39 is 12.1 Å². The molecule has 1 aromatic rings. The van der Waals surface area contributed by atoms with Gasteiger partial charge in [0.15, 0.2) is 6.10 Å². The molecule has 0 amide bonds. The van der Waals surface area contributed by atoms with Gasteiger partial charge in [-0.15, -0.1) is 0 Å².